The van der Waals surface area contributed by atoms with Crippen molar-refractivity contribution in [1.82, 2.24) is 19.9 Å². The molecule has 4 nitrogen and oxygen atoms in total. The summed E-state index contributed by atoms with van der Waals surface area (Å²) < 4.78 is 0. The van der Waals surface area contributed by atoms with Gasteiger partial charge in [0, 0.05) is 38.6 Å². The van der Waals surface area contributed by atoms with Crippen LogP contribution in [0.3, 0.4) is 0 Å². The van der Waals surface area contributed by atoms with Gasteiger partial charge in [0.05, 0.1) is 33.8 Å². The molecule has 0 spiro atoms. The van der Waals surface area contributed by atoms with Gasteiger partial charge in [0.1, 0.15) is 0 Å². The van der Waals surface area contributed by atoms with E-state index in [0.717, 1.165) is 83.5 Å². The Hall–Kier alpha value is -7.56. The summed E-state index contributed by atoms with van der Waals surface area (Å²) in [5.74, 6) is 0.652. The smallest absolute Gasteiger partial charge is 0.160 e. The molecular formula is C52H34N4. The van der Waals surface area contributed by atoms with Crippen molar-refractivity contribution >= 4 is 21.8 Å². The van der Waals surface area contributed by atoms with Crippen LogP contribution in [-0.4, -0.2) is 19.9 Å². The maximum Gasteiger partial charge on any atom is 0.160 e. The Morgan fingerprint density at radius 1 is 0.214 bits per heavy atom. The normalized spacial score (nSPS) is 11.2. The lowest BCUT2D eigenvalue weighted by Crippen LogP contribution is -1.96. The molecule has 0 amide bonds. The van der Waals surface area contributed by atoms with E-state index < -0.39 is 0 Å². The SMILES string of the molecule is c1ccc(-c2ccc(-c3cc(-c4ccc(-c5ccccc5)cc4)nc(-c4cccc(-c5ccc6ccc7ccc(-c8ccccc8)nc7c6n5)c4)n3)cc2)cc1. The Balaban J connectivity index is 1.06. The third-order valence-electron chi connectivity index (χ3n) is 10.3. The number of benzene rings is 7. The fourth-order valence-corrected chi connectivity index (χ4v) is 7.32. The zero-order valence-electron chi connectivity index (χ0n) is 30.4. The van der Waals surface area contributed by atoms with Gasteiger partial charge in [0.2, 0.25) is 0 Å². The van der Waals surface area contributed by atoms with Gasteiger partial charge < -0.3 is 0 Å². The van der Waals surface area contributed by atoms with Gasteiger partial charge in [-0.25, -0.2) is 19.9 Å². The van der Waals surface area contributed by atoms with Crippen molar-refractivity contribution < 1.29 is 0 Å². The molecule has 0 saturated carbocycles. The number of rotatable bonds is 7. The van der Waals surface area contributed by atoms with Crippen molar-refractivity contribution in [2.24, 2.45) is 0 Å². The number of fused-ring (bicyclic) bond motifs is 3. The highest BCUT2D eigenvalue weighted by Gasteiger charge is 2.14. The van der Waals surface area contributed by atoms with Gasteiger partial charge in [0.25, 0.3) is 0 Å². The average Bonchev–Trinajstić information content (AvgIpc) is 3.29. The van der Waals surface area contributed by atoms with E-state index in [1.807, 2.05) is 30.3 Å². The van der Waals surface area contributed by atoms with Crippen LogP contribution in [0, 0.1) is 0 Å². The van der Waals surface area contributed by atoms with Crippen LogP contribution < -0.4 is 0 Å². The number of pyridine rings is 2. The van der Waals surface area contributed by atoms with Crippen LogP contribution in [0.5, 0.6) is 0 Å². The molecule has 0 N–H and O–H groups in total. The number of hydrogen-bond acceptors (Lipinski definition) is 4. The summed E-state index contributed by atoms with van der Waals surface area (Å²) in [5, 5.41) is 2.11. The average molecular weight is 715 g/mol. The summed E-state index contributed by atoms with van der Waals surface area (Å²) in [6.45, 7) is 0. The summed E-state index contributed by atoms with van der Waals surface area (Å²) in [6.07, 6.45) is 0. The Labute approximate surface area is 325 Å². The Morgan fingerprint density at radius 2 is 0.571 bits per heavy atom. The van der Waals surface area contributed by atoms with Crippen LogP contribution in [0.25, 0.3) is 100 Å². The van der Waals surface area contributed by atoms with Gasteiger partial charge in [-0.15, -0.1) is 0 Å². The van der Waals surface area contributed by atoms with Crippen LogP contribution >= 0.6 is 0 Å². The lowest BCUT2D eigenvalue weighted by atomic mass is 10.00. The fourth-order valence-electron chi connectivity index (χ4n) is 7.32. The Kier molecular flexibility index (Phi) is 8.47. The molecule has 0 atom stereocenters. The topological polar surface area (TPSA) is 51.6 Å². The fraction of sp³-hybridized carbons (Fsp3) is 0. The molecule has 4 heteroatoms. The molecule has 262 valence electrons. The van der Waals surface area contributed by atoms with E-state index in [1.54, 1.807) is 0 Å². The molecule has 10 rings (SSSR count). The van der Waals surface area contributed by atoms with Gasteiger partial charge >= 0.3 is 0 Å². The zero-order valence-corrected chi connectivity index (χ0v) is 30.4. The van der Waals surface area contributed by atoms with Gasteiger partial charge in [-0.3, -0.25) is 0 Å². The van der Waals surface area contributed by atoms with Gasteiger partial charge in [-0.2, -0.15) is 0 Å². The van der Waals surface area contributed by atoms with Crippen molar-refractivity contribution in [2.75, 3.05) is 0 Å². The second-order valence-corrected chi connectivity index (χ2v) is 13.9. The first-order chi connectivity index (χ1) is 27.7. The molecule has 0 aliphatic carbocycles. The van der Waals surface area contributed by atoms with E-state index >= 15 is 0 Å². The maximum absolute atomic E-state index is 5.24. The highest BCUT2D eigenvalue weighted by molar-refractivity contribution is 6.04. The zero-order chi connectivity index (χ0) is 37.3. The summed E-state index contributed by atoms with van der Waals surface area (Å²) in [4.78, 5) is 20.7. The summed E-state index contributed by atoms with van der Waals surface area (Å²) in [6, 6.07) is 71.5. The minimum Gasteiger partial charge on any atom is -0.245 e. The summed E-state index contributed by atoms with van der Waals surface area (Å²) in [7, 11) is 0. The highest BCUT2D eigenvalue weighted by atomic mass is 14.9. The van der Waals surface area contributed by atoms with Gasteiger partial charge in [-0.1, -0.05) is 182 Å². The van der Waals surface area contributed by atoms with E-state index in [9.17, 15) is 0 Å². The second-order valence-electron chi connectivity index (χ2n) is 13.9. The minimum atomic E-state index is 0.652. The van der Waals surface area contributed by atoms with E-state index in [-0.39, 0.29) is 0 Å². The van der Waals surface area contributed by atoms with Gasteiger partial charge in [-0.05, 0) is 46.5 Å². The van der Waals surface area contributed by atoms with E-state index in [0.29, 0.717) is 5.82 Å². The van der Waals surface area contributed by atoms with Crippen LogP contribution in [0.15, 0.2) is 206 Å². The number of hydrogen-bond donors (Lipinski definition) is 0. The molecule has 10 aromatic rings. The van der Waals surface area contributed by atoms with Crippen molar-refractivity contribution in [3.63, 3.8) is 0 Å². The van der Waals surface area contributed by atoms with Crippen LogP contribution in [0.2, 0.25) is 0 Å². The molecule has 7 aromatic carbocycles. The molecule has 0 unspecified atom stereocenters. The lowest BCUT2D eigenvalue weighted by Gasteiger charge is -2.12. The molecule has 3 heterocycles. The summed E-state index contributed by atoms with van der Waals surface area (Å²) >= 11 is 0. The molecule has 0 aliphatic rings. The largest absolute Gasteiger partial charge is 0.245 e. The van der Waals surface area contributed by atoms with Gasteiger partial charge in [0.15, 0.2) is 5.82 Å². The highest BCUT2D eigenvalue weighted by Crippen LogP contribution is 2.33. The molecule has 56 heavy (non-hydrogen) atoms. The van der Waals surface area contributed by atoms with Crippen LogP contribution in [-0.2, 0) is 0 Å². The lowest BCUT2D eigenvalue weighted by molar-refractivity contribution is 1.18. The molecule has 3 aromatic heterocycles. The quantitative estimate of drug-likeness (QED) is 0.154. The maximum atomic E-state index is 5.24. The number of nitrogens with zero attached hydrogens (tertiary/aromatic N) is 4. The predicted molar refractivity (Wildman–Crippen MR) is 231 cm³/mol. The van der Waals surface area contributed by atoms with Crippen molar-refractivity contribution in [3.8, 4) is 78.7 Å². The molecule has 0 saturated heterocycles. The van der Waals surface area contributed by atoms with Crippen LogP contribution in [0.4, 0.5) is 0 Å². The first-order valence-electron chi connectivity index (χ1n) is 18.8. The molecular weight excluding hydrogens is 681 g/mol. The van der Waals surface area contributed by atoms with Crippen molar-refractivity contribution in [1.29, 1.82) is 0 Å². The molecule has 0 bridgehead atoms. The first kappa shape index (κ1) is 33.0. The van der Waals surface area contributed by atoms with E-state index in [4.69, 9.17) is 19.9 Å². The third-order valence-corrected chi connectivity index (χ3v) is 10.3. The standard InChI is InChI=1S/C52H34N4/c1-4-11-35(12-5-1)37-19-23-40(24-20-37)48-34-49(41-25-21-38(22-26-41)36-13-6-2-7-14-36)56-52(55-48)45-18-10-17-44(33-45)47-32-30-43-28-27-42-29-31-46(39-15-8-3-9-16-39)53-50(42)51(43)54-47/h1-34H. The minimum absolute atomic E-state index is 0.652. The first-order valence-corrected chi connectivity index (χ1v) is 18.8. The summed E-state index contributed by atoms with van der Waals surface area (Å²) in [5.41, 5.74) is 15.0. The second kappa shape index (κ2) is 14.3. The molecule has 0 radical (unpaired) electrons. The number of aromatic nitrogens is 4. The van der Waals surface area contributed by atoms with Crippen LogP contribution in [0.1, 0.15) is 0 Å². The van der Waals surface area contributed by atoms with Crippen molar-refractivity contribution in [3.05, 3.63) is 206 Å². The Bertz CT molecular complexity index is 2880. The Morgan fingerprint density at radius 3 is 1.07 bits per heavy atom. The third kappa shape index (κ3) is 6.50. The monoisotopic (exact) mass is 714 g/mol. The van der Waals surface area contributed by atoms with Crippen molar-refractivity contribution in [2.45, 2.75) is 0 Å². The predicted octanol–water partition coefficient (Wildman–Crippen LogP) is 13.2. The van der Waals surface area contributed by atoms with E-state index in [2.05, 4.69) is 176 Å². The molecule has 0 aliphatic heterocycles. The van der Waals surface area contributed by atoms with E-state index in [1.165, 1.54) is 11.1 Å². The molecule has 0 fully saturated rings.